The molecule has 1 N–H and O–H groups in total. The highest BCUT2D eigenvalue weighted by Gasteiger charge is 2.34. The van der Waals surface area contributed by atoms with E-state index in [0.717, 1.165) is 27.1 Å². The molecule has 0 spiro atoms. The summed E-state index contributed by atoms with van der Waals surface area (Å²) >= 11 is 0. The number of imide groups is 1. The molecule has 1 saturated heterocycles. The van der Waals surface area contributed by atoms with E-state index in [9.17, 15) is 14.4 Å². The molecule has 0 bridgehead atoms. The number of furan rings is 1. The van der Waals surface area contributed by atoms with Gasteiger partial charge >= 0.3 is 12.0 Å². The van der Waals surface area contributed by atoms with Gasteiger partial charge in [-0.15, -0.1) is 6.58 Å². The van der Waals surface area contributed by atoms with E-state index in [0.29, 0.717) is 12.3 Å². The summed E-state index contributed by atoms with van der Waals surface area (Å²) in [7, 11) is 1.24. The molecule has 0 saturated carbocycles. The maximum absolute atomic E-state index is 12.9. The minimum Gasteiger partial charge on any atom is -0.463 e. The summed E-state index contributed by atoms with van der Waals surface area (Å²) in [5.41, 5.74) is 3.01. The molecule has 8 nitrogen and oxygen atoms in total. The van der Waals surface area contributed by atoms with Gasteiger partial charge in [-0.2, -0.15) is 0 Å². The molecule has 4 rings (SSSR count). The van der Waals surface area contributed by atoms with Gasteiger partial charge in [0.05, 0.1) is 13.7 Å². The Morgan fingerprint density at radius 1 is 1.23 bits per heavy atom. The molecule has 1 fully saturated rings. The molecule has 1 aliphatic rings. The van der Waals surface area contributed by atoms with Gasteiger partial charge in [0, 0.05) is 28.7 Å². The second kappa shape index (κ2) is 7.98. The number of allylic oxidation sites excluding steroid dienone is 1. The van der Waals surface area contributed by atoms with Crippen LogP contribution in [-0.4, -0.2) is 34.5 Å². The predicted octanol–water partition coefficient (Wildman–Crippen LogP) is 3.61. The number of carbonyl (C=O) groups is 3. The molecule has 0 radical (unpaired) electrons. The van der Waals surface area contributed by atoms with Crippen molar-refractivity contribution in [2.45, 2.75) is 20.0 Å². The van der Waals surface area contributed by atoms with Crippen LogP contribution in [0.15, 0.2) is 59.2 Å². The van der Waals surface area contributed by atoms with Crippen LogP contribution in [-0.2, 0) is 22.6 Å². The van der Waals surface area contributed by atoms with Crippen molar-refractivity contribution >= 4 is 34.9 Å². The number of hydrogen-bond donors (Lipinski definition) is 1. The molecule has 1 aliphatic heterocycles. The van der Waals surface area contributed by atoms with Gasteiger partial charge < -0.3 is 19.0 Å². The van der Waals surface area contributed by atoms with Crippen molar-refractivity contribution in [2.24, 2.45) is 0 Å². The number of esters is 1. The first-order chi connectivity index (χ1) is 14.9. The van der Waals surface area contributed by atoms with Crippen LogP contribution in [0.1, 0.15) is 27.6 Å². The van der Waals surface area contributed by atoms with Crippen molar-refractivity contribution in [1.29, 1.82) is 0 Å². The first-order valence-corrected chi connectivity index (χ1v) is 9.65. The molecule has 3 amide bonds. The summed E-state index contributed by atoms with van der Waals surface area (Å²) < 4.78 is 12.1. The van der Waals surface area contributed by atoms with Gasteiger partial charge in [-0.05, 0) is 31.2 Å². The van der Waals surface area contributed by atoms with Crippen LogP contribution in [0.4, 0.5) is 4.79 Å². The molecule has 3 aromatic rings. The van der Waals surface area contributed by atoms with Crippen molar-refractivity contribution in [3.05, 3.63) is 77.5 Å². The third-order valence-electron chi connectivity index (χ3n) is 5.20. The van der Waals surface area contributed by atoms with Gasteiger partial charge in [0.15, 0.2) is 0 Å². The number of urea groups is 1. The van der Waals surface area contributed by atoms with Crippen LogP contribution in [0.5, 0.6) is 0 Å². The summed E-state index contributed by atoms with van der Waals surface area (Å²) in [5, 5.41) is 3.61. The Balaban J connectivity index is 1.65. The van der Waals surface area contributed by atoms with E-state index < -0.39 is 17.9 Å². The van der Waals surface area contributed by atoms with Crippen molar-refractivity contribution < 1.29 is 23.5 Å². The van der Waals surface area contributed by atoms with E-state index in [1.54, 1.807) is 6.08 Å². The molecule has 1 aromatic carbocycles. The number of rotatable bonds is 6. The summed E-state index contributed by atoms with van der Waals surface area (Å²) in [6, 6.07) is 10.3. The zero-order valence-corrected chi connectivity index (χ0v) is 17.2. The maximum Gasteiger partial charge on any atom is 0.373 e. The Hall–Kier alpha value is -4.07. The molecule has 0 aliphatic carbocycles. The van der Waals surface area contributed by atoms with Crippen LogP contribution >= 0.6 is 0 Å². The van der Waals surface area contributed by atoms with E-state index >= 15 is 0 Å². The highest BCUT2D eigenvalue weighted by Crippen LogP contribution is 2.29. The van der Waals surface area contributed by atoms with E-state index in [-0.39, 0.29) is 18.0 Å². The van der Waals surface area contributed by atoms with E-state index in [1.165, 1.54) is 19.2 Å². The maximum atomic E-state index is 12.9. The number of nitrogens with zero attached hydrogens (tertiary/aromatic N) is 2. The van der Waals surface area contributed by atoms with E-state index in [4.69, 9.17) is 4.42 Å². The third-order valence-corrected chi connectivity index (χ3v) is 5.20. The van der Waals surface area contributed by atoms with Crippen molar-refractivity contribution in [3.63, 3.8) is 0 Å². The fourth-order valence-electron chi connectivity index (χ4n) is 3.69. The van der Waals surface area contributed by atoms with Crippen molar-refractivity contribution in [2.75, 3.05) is 7.11 Å². The standard InChI is InChI=1S/C23H21N3O5/c1-4-11-25-14(2)17(16-7-5-6-8-19(16)25)12-18-21(27)26(23(29)24-18)13-15-9-10-20(31-15)22(28)30-3/h4-10,12H,1,11,13H2,2-3H3,(H,24,29). The van der Waals surface area contributed by atoms with Gasteiger partial charge in [0.2, 0.25) is 5.76 Å². The van der Waals surface area contributed by atoms with Crippen LogP contribution in [0.25, 0.3) is 17.0 Å². The molecule has 8 heteroatoms. The van der Waals surface area contributed by atoms with Gasteiger partial charge in [0.25, 0.3) is 5.91 Å². The predicted molar refractivity (Wildman–Crippen MR) is 114 cm³/mol. The number of nitrogens with one attached hydrogen (secondary N) is 1. The average molecular weight is 419 g/mol. The van der Waals surface area contributed by atoms with Crippen molar-refractivity contribution in [3.8, 4) is 0 Å². The summed E-state index contributed by atoms with van der Waals surface area (Å²) in [6.45, 7) is 6.31. The van der Waals surface area contributed by atoms with Crippen LogP contribution in [0.2, 0.25) is 0 Å². The molecule has 3 heterocycles. The minimum atomic E-state index is -0.629. The Bertz CT molecular complexity index is 1250. The summed E-state index contributed by atoms with van der Waals surface area (Å²) in [6.07, 6.45) is 3.51. The molecular weight excluding hydrogens is 398 g/mol. The first kappa shape index (κ1) is 20.2. The largest absolute Gasteiger partial charge is 0.463 e. The number of ether oxygens (including phenoxy) is 1. The molecule has 2 aromatic heterocycles. The van der Waals surface area contributed by atoms with Crippen molar-refractivity contribution in [1.82, 2.24) is 14.8 Å². The average Bonchev–Trinajstić information content (AvgIpc) is 3.42. The number of carbonyl (C=O) groups excluding carboxylic acids is 3. The zero-order valence-electron chi connectivity index (χ0n) is 17.2. The Labute approximate surface area is 178 Å². The number of fused-ring (bicyclic) bond motifs is 1. The molecule has 158 valence electrons. The quantitative estimate of drug-likeness (QED) is 0.285. The second-order valence-electron chi connectivity index (χ2n) is 7.05. The fraction of sp³-hybridized carbons (Fsp3) is 0.174. The lowest BCUT2D eigenvalue weighted by Crippen LogP contribution is -2.30. The van der Waals surface area contributed by atoms with E-state index in [1.807, 2.05) is 37.3 Å². The van der Waals surface area contributed by atoms with Crippen LogP contribution in [0, 0.1) is 6.92 Å². The molecule has 0 unspecified atom stereocenters. The second-order valence-corrected chi connectivity index (χ2v) is 7.05. The zero-order chi connectivity index (χ0) is 22.1. The van der Waals surface area contributed by atoms with Gasteiger partial charge in [-0.1, -0.05) is 24.3 Å². The molecule has 31 heavy (non-hydrogen) atoms. The van der Waals surface area contributed by atoms with Gasteiger partial charge in [-0.25, -0.2) is 9.59 Å². The SMILES string of the molecule is C=CCn1c(C)c(C=C2NC(=O)N(Cc3ccc(C(=O)OC)o3)C2=O)c2ccccc21. The minimum absolute atomic E-state index is 0.00553. The van der Waals surface area contributed by atoms with Crippen LogP contribution < -0.4 is 5.32 Å². The number of para-hydroxylation sites is 1. The number of hydrogen-bond acceptors (Lipinski definition) is 5. The van der Waals surface area contributed by atoms with Gasteiger partial charge in [-0.3, -0.25) is 9.69 Å². The van der Waals surface area contributed by atoms with Crippen LogP contribution in [0.3, 0.4) is 0 Å². The highest BCUT2D eigenvalue weighted by atomic mass is 16.5. The Morgan fingerprint density at radius 3 is 2.74 bits per heavy atom. The summed E-state index contributed by atoms with van der Waals surface area (Å²) in [4.78, 5) is 37.9. The smallest absolute Gasteiger partial charge is 0.373 e. The number of benzene rings is 1. The normalized spacial score (nSPS) is 15.0. The molecule has 0 atom stereocenters. The lowest BCUT2D eigenvalue weighted by molar-refractivity contribution is -0.123. The van der Waals surface area contributed by atoms with E-state index in [2.05, 4.69) is 21.2 Å². The molecular formula is C23H21N3O5. The number of methoxy groups -OCH3 is 1. The monoisotopic (exact) mass is 419 g/mol. The Morgan fingerprint density at radius 2 is 2.00 bits per heavy atom. The van der Waals surface area contributed by atoms with Gasteiger partial charge in [0.1, 0.15) is 11.5 Å². The Kier molecular flexibility index (Phi) is 5.21. The lowest BCUT2D eigenvalue weighted by Gasteiger charge is -2.09. The fourth-order valence-corrected chi connectivity index (χ4v) is 3.69. The topological polar surface area (TPSA) is 93.8 Å². The number of amides is 3. The first-order valence-electron chi connectivity index (χ1n) is 9.65. The number of aromatic nitrogens is 1. The lowest BCUT2D eigenvalue weighted by atomic mass is 10.1. The summed E-state index contributed by atoms with van der Waals surface area (Å²) in [5.74, 6) is -0.800. The third kappa shape index (κ3) is 3.52. The highest BCUT2D eigenvalue weighted by molar-refractivity contribution is 6.14.